The Morgan fingerprint density at radius 2 is 1.94 bits per heavy atom. The fourth-order valence-electron chi connectivity index (χ4n) is 1.39. The van der Waals surface area contributed by atoms with Gasteiger partial charge in [-0.3, -0.25) is 0 Å². The predicted molar refractivity (Wildman–Crippen MR) is 67.2 cm³/mol. The molecule has 0 aromatic heterocycles. The molecule has 0 atom stereocenters. The summed E-state index contributed by atoms with van der Waals surface area (Å²) in [7, 11) is 0. The van der Waals surface area contributed by atoms with Crippen molar-refractivity contribution in [2.45, 2.75) is 13.8 Å². The van der Waals surface area contributed by atoms with E-state index in [1.54, 1.807) is 13.8 Å². The molecule has 0 unspecified atom stereocenters. The molecule has 0 aliphatic carbocycles. The quantitative estimate of drug-likeness (QED) is 0.454. The lowest BCUT2D eigenvalue weighted by Gasteiger charge is -2.08. The van der Waals surface area contributed by atoms with E-state index in [0.29, 0.717) is 17.9 Å². The highest BCUT2D eigenvalue weighted by Gasteiger charge is 2.08. The summed E-state index contributed by atoms with van der Waals surface area (Å²) in [6, 6.07) is 11.3. The Bertz CT molecular complexity index is 472. The van der Waals surface area contributed by atoms with Crippen molar-refractivity contribution in [1.82, 2.24) is 0 Å². The Hall–Kier alpha value is -2.28. The van der Waals surface area contributed by atoms with Gasteiger partial charge in [0.05, 0.1) is 12.2 Å². The van der Waals surface area contributed by atoms with E-state index in [1.165, 1.54) is 0 Å². The average Bonchev–Trinajstić information content (AvgIpc) is 2.39. The molecule has 4 heteroatoms. The van der Waals surface area contributed by atoms with Crippen LogP contribution in [0.5, 0.6) is 0 Å². The van der Waals surface area contributed by atoms with Gasteiger partial charge in [-0.1, -0.05) is 30.3 Å². The zero-order valence-electron chi connectivity index (χ0n) is 10.5. The van der Waals surface area contributed by atoms with Crippen LogP contribution in [0.15, 0.2) is 36.1 Å². The average molecular weight is 245 g/mol. The van der Waals surface area contributed by atoms with Crippen molar-refractivity contribution in [2.24, 2.45) is 0 Å². The van der Waals surface area contributed by atoms with E-state index in [0.717, 1.165) is 5.56 Å². The van der Waals surface area contributed by atoms with Crippen molar-refractivity contribution in [3.63, 3.8) is 0 Å². The number of rotatable bonds is 5. The minimum Gasteiger partial charge on any atom is -0.485 e. The number of carbonyl (C=O) groups excluding carboxylic acids is 1. The van der Waals surface area contributed by atoms with Gasteiger partial charge in [0.25, 0.3) is 0 Å². The number of carbonyl (C=O) groups is 1. The van der Waals surface area contributed by atoms with E-state index < -0.39 is 5.97 Å². The summed E-state index contributed by atoms with van der Waals surface area (Å²) < 4.78 is 9.99. The summed E-state index contributed by atoms with van der Waals surface area (Å²) in [6.45, 7) is 3.52. The predicted octanol–water partition coefficient (Wildman–Crippen LogP) is 2.52. The Balaban J connectivity index is 2.77. The van der Waals surface area contributed by atoms with Gasteiger partial charge in [-0.15, -0.1) is 0 Å². The van der Waals surface area contributed by atoms with Crippen molar-refractivity contribution in [1.29, 1.82) is 5.26 Å². The molecule has 0 saturated carbocycles. The Kier molecular flexibility index (Phi) is 5.46. The summed E-state index contributed by atoms with van der Waals surface area (Å²) >= 11 is 0. The topological polar surface area (TPSA) is 59.3 Å². The molecule has 4 nitrogen and oxygen atoms in total. The molecule has 1 aromatic carbocycles. The second-order valence-corrected chi connectivity index (χ2v) is 3.50. The van der Waals surface area contributed by atoms with Crippen LogP contribution in [-0.4, -0.2) is 19.2 Å². The van der Waals surface area contributed by atoms with Crippen LogP contribution < -0.4 is 0 Å². The molecule has 0 fully saturated rings. The van der Waals surface area contributed by atoms with Gasteiger partial charge in [0, 0.05) is 0 Å². The molecule has 0 radical (unpaired) electrons. The first-order valence-electron chi connectivity index (χ1n) is 5.63. The van der Waals surface area contributed by atoms with Gasteiger partial charge < -0.3 is 9.47 Å². The van der Waals surface area contributed by atoms with Gasteiger partial charge in [0.15, 0.2) is 6.61 Å². The summed E-state index contributed by atoms with van der Waals surface area (Å²) in [5.74, 6) is -0.0287. The molecular formula is C14H15NO3. The number of allylic oxidation sites excluding steroid dienone is 2. The number of esters is 1. The van der Waals surface area contributed by atoms with Crippen LogP contribution in [0.1, 0.15) is 19.4 Å². The molecule has 1 aromatic rings. The van der Waals surface area contributed by atoms with Crippen LogP contribution in [0, 0.1) is 11.3 Å². The first-order valence-corrected chi connectivity index (χ1v) is 5.63. The fourth-order valence-corrected chi connectivity index (χ4v) is 1.39. The zero-order chi connectivity index (χ0) is 13.4. The van der Waals surface area contributed by atoms with Gasteiger partial charge >= 0.3 is 5.97 Å². The van der Waals surface area contributed by atoms with Gasteiger partial charge in [0.2, 0.25) is 0 Å². The van der Waals surface area contributed by atoms with Crippen LogP contribution >= 0.6 is 0 Å². The Morgan fingerprint density at radius 3 is 2.50 bits per heavy atom. The number of hydrogen-bond donors (Lipinski definition) is 0. The lowest BCUT2D eigenvalue weighted by Crippen LogP contribution is -2.12. The third-order valence-corrected chi connectivity index (χ3v) is 2.24. The van der Waals surface area contributed by atoms with Gasteiger partial charge in [-0.05, 0) is 19.4 Å². The highest BCUT2D eigenvalue weighted by molar-refractivity contribution is 5.78. The molecule has 0 saturated heterocycles. The fraction of sp³-hybridized carbons (Fsp3) is 0.286. The number of hydrogen-bond acceptors (Lipinski definition) is 4. The van der Waals surface area contributed by atoms with Crippen molar-refractivity contribution >= 4 is 11.5 Å². The van der Waals surface area contributed by atoms with Crippen molar-refractivity contribution in [3.05, 3.63) is 41.7 Å². The molecule has 0 amide bonds. The second kappa shape index (κ2) is 7.13. The second-order valence-electron chi connectivity index (χ2n) is 3.50. The maximum Gasteiger partial charge on any atom is 0.344 e. The van der Waals surface area contributed by atoms with Gasteiger partial charge in [0.1, 0.15) is 11.8 Å². The summed E-state index contributed by atoms with van der Waals surface area (Å²) in [6.07, 6.45) is 0. The molecule has 0 heterocycles. The third kappa shape index (κ3) is 3.95. The zero-order valence-corrected chi connectivity index (χ0v) is 10.5. The Morgan fingerprint density at radius 1 is 1.28 bits per heavy atom. The van der Waals surface area contributed by atoms with E-state index in [9.17, 15) is 4.79 Å². The lowest BCUT2D eigenvalue weighted by atomic mass is 10.1. The van der Waals surface area contributed by atoms with E-state index in [4.69, 9.17) is 14.7 Å². The number of nitrogens with zero attached hydrogens (tertiary/aromatic N) is 1. The summed E-state index contributed by atoms with van der Waals surface area (Å²) in [5.41, 5.74) is 1.18. The Labute approximate surface area is 106 Å². The number of ether oxygens (including phenoxy) is 2. The lowest BCUT2D eigenvalue weighted by molar-refractivity contribution is -0.146. The molecule has 94 valence electrons. The maximum atomic E-state index is 11.1. The van der Waals surface area contributed by atoms with Crippen LogP contribution in [0.25, 0.3) is 5.57 Å². The van der Waals surface area contributed by atoms with E-state index in [1.807, 2.05) is 30.3 Å². The molecule has 18 heavy (non-hydrogen) atoms. The minimum atomic E-state index is -0.442. The van der Waals surface area contributed by atoms with Crippen LogP contribution in [0.3, 0.4) is 0 Å². The van der Waals surface area contributed by atoms with Gasteiger partial charge in [-0.2, -0.15) is 5.26 Å². The van der Waals surface area contributed by atoms with Crippen molar-refractivity contribution in [3.8, 4) is 6.07 Å². The summed E-state index contributed by atoms with van der Waals surface area (Å²) in [4.78, 5) is 11.1. The van der Waals surface area contributed by atoms with Crippen molar-refractivity contribution < 1.29 is 14.3 Å². The van der Waals surface area contributed by atoms with E-state index >= 15 is 0 Å². The molecule has 0 aliphatic rings. The van der Waals surface area contributed by atoms with Crippen molar-refractivity contribution in [2.75, 3.05) is 13.2 Å². The molecular weight excluding hydrogens is 230 g/mol. The first kappa shape index (κ1) is 13.8. The first-order chi connectivity index (χ1) is 8.69. The standard InChI is InChI=1S/C14H15NO3/c1-3-17-14(16)10-18-11(2)13(9-15)12-7-5-4-6-8-12/h4-8H,3,10H2,1-2H3/b13-11-. The maximum absolute atomic E-state index is 11.1. The normalized spacial score (nSPS) is 11.2. The molecule has 1 rings (SSSR count). The molecule has 0 N–H and O–H groups in total. The van der Waals surface area contributed by atoms with Crippen LogP contribution in [0.2, 0.25) is 0 Å². The minimum absolute atomic E-state index is 0.183. The smallest absolute Gasteiger partial charge is 0.344 e. The van der Waals surface area contributed by atoms with Gasteiger partial charge in [-0.25, -0.2) is 4.79 Å². The SMILES string of the molecule is CCOC(=O)CO/C(C)=C(/C#N)c1ccccc1. The van der Waals surface area contributed by atoms with E-state index in [-0.39, 0.29) is 6.61 Å². The highest BCUT2D eigenvalue weighted by Crippen LogP contribution is 2.18. The monoisotopic (exact) mass is 245 g/mol. The molecule has 0 spiro atoms. The van der Waals surface area contributed by atoms with Crippen LogP contribution in [0.4, 0.5) is 0 Å². The molecule has 0 aliphatic heterocycles. The largest absolute Gasteiger partial charge is 0.485 e. The summed E-state index contributed by atoms with van der Waals surface area (Å²) in [5, 5.41) is 9.11. The highest BCUT2D eigenvalue weighted by atomic mass is 16.6. The molecule has 0 bridgehead atoms. The number of benzene rings is 1. The van der Waals surface area contributed by atoms with E-state index in [2.05, 4.69) is 6.07 Å². The third-order valence-electron chi connectivity index (χ3n) is 2.24. The van der Waals surface area contributed by atoms with Crippen LogP contribution in [-0.2, 0) is 14.3 Å². The number of nitriles is 1.